The third-order valence-corrected chi connectivity index (χ3v) is 5.27. The van der Waals surface area contributed by atoms with Gasteiger partial charge in [-0.25, -0.2) is 4.79 Å². The maximum Gasteiger partial charge on any atom is 0.339 e. The zero-order chi connectivity index (χ0) is 20.5. The summed E-state index contributed by atoms with van der Waals surface area (Å²) in [5.41, 5.74) is 0.993. The molecule has 3 heteroatoms. The van der Waals surface area contributed by atoms with Crippen molar-refractivity contribution in [3.63, 3.8) is 0 Å². The van der Waals surface area contributed by atoms with Crippen LogP contribution in [0.25, 0.3) is 0 Å². The summed E-state index contributed by atoms with van der Waals surface area (Å²) in [5, 5.41) is 18.6. The number of rotatable bonds is 17. The number of aryl methyl sites for hydroxylation is 1. The number of carboxylic acid groups (broad SMARTS) is 1. The van der Waals surface area contributed by atoms with E-state index in [1.807, 2.05) is 6.07 Å². The van der Waals surface area contributed by atoms with Crippen LogP contribution in [0.5, 0.6) is 5.75 Å². The van der Waals surface area contributed by atoms with Gasteiger partial charge in [-0.05, 0) is 56.2 Å². The first-order chi connectivity index (χ1) is 13.6. The summed E-state index contributed by atoms with van der Waals surface area (Å²) in [4.78, 5) is 11.0. The summed E-state index contributed by atoms with van der Waals surface area (Å²) in [7, 11) is 0. The highest BCUT2D eigenvalue weighted by atomic mass is 16.4. The van der Waals surface area contributed by atoms with Gasteiger partial charge in [0.2, 0.25) is 0 Å². The third-order valence-electron chi connectivity index (χ3n) is 5.27. The number of aromatic hydroxyl groups is 1. The fourth-order valence-corrected chi connectivity index (χ4v) is 3.49. The molecule has 0 saturated carbocycles. The van der Waals surface area contributed by atoms with E-state index < -0.39 is 5.97 Å². The van der Waals surface area contributed by atoms with E-state index in [-0.39, 0.29) is 11.3 Å². The van der Waals surface area contributed by atoms with E-state index in [1.54, 1.807) is 6.07 Å². The highest BCUT2D eigenvalue weighted by Crippen LogP contribution is 2.20. The Balaban J connectivity index is 1.94. The standard InChI is InChI=1S/C25H40O3/c1-2-3-4-5-6-7-8-9-10-11-12-13-14-15-16-17-18-22-19-20-24(26)23(21-22)25(27)28/h9-10,19-21,26H,2-8,11-18H2,1H3,(H,27,28)/b10-9-. The summed E-state index contributed by atoms with van der Waals surface area (Å²) < 4.78 is 0. The van der Waals surface area contributed by atoms with Crippen molar-refractivity contribution in [2.75, 3.05) is 0 Å². The largest absolute Gasteiger partial charge is 0.507 e. The number of carbonyl (C=O) groups is 1. The molecule has 2 N–H and O–H groups in total. The Kier molecular flexibility index (Phi) is 14.0. The summed E-state index contributed by atoms with van der Waals surface area (Å²) >= 11 is 0. The molecule has 0 spiro atoms. The zero-order valence-corrected chi connectivity index (χ0v) is 17.8. The van der Waals surface area contributed by atoms with E-state index in [9.17, 15) is 9.90 Å². The molecule has 0 atom stereocenters. The van der Waals surface area contributed by atoms with Crippen LogP contribution < -0.4 is 0 Å². The molecule has 0 unspecified atom stereocenters. The van der Waals surface area contributed by atoms with Gasteiger partial charge in [0.1, 0.15) is 11.3 Å². The predicted octanol–water partition coefficient (Wildman–Crippen LogP) is 7.67. The van der Waals surface area contributed by atoms with Crippen molar-refractivity contribution in [3.8, 4) is 5.75 Å². The molecule has 1 rings (SSSR count). The Morgan fingerprint density at radius 3 is 1.93 bits per heavy atom. The molecule has 0 amide bonds. The monoisotopic (exact) mass is 388 g/mol. The molecule has 0 aliphatic carbocycles. The first-order valence-electron chi connectivity index (χ1n) is 11.3. The molecule has 0 aromatic heterocycles. The van der Waals surface area contributed by atoms with Crippen molar-refractivity contribution < 1.29 is 15.0 Å². The average Bonchev–Trinajstić information content (AvgIpc) is 2.68. The lowest BCUT2D eigenvalue weighted by molar-refractivity contribution is 0.0693. The molecule has 0 saturated heterocycles. The molecule has 3 nitrogen and oxygen atoms in total. The van der Waals surface area contributed by atoms with Gasteiger partial charge in [-0.3, -0.25) is 0 Å². The van der Waals surface area contributed by atoms with Crippen LogP contribution in [0.1, 0.15) is 113 Å². The molecule has 158 valence electrons. The topological polar surface area (TPSA) is 57.5 Å². The highest BCUT2D eigenvalue weighted by Gasteiger charge is 2.09. The number of carboxylic acids is 1. The van der Waals surface area contributed by atoms with Crippen molar-refractivity contribution in [1.82, 2.24) is 0 Å². The molecule has 0 bridgehead atoms. The summed E-state index contributed by atoms with van der Waals surface area (Å²) in [6, 6.07) is 4.90. The van der Waals surface area contributed by atoms with Gasteiger partial charge in [-0.2, -0.15) is 0 Å². The number of allylic oxidation sites excluding steroid dienone is 2. The van der Waals surface area contributed by atoms with E-state index in [0.717, 1.165) is 18.4 Å². The van der Waals surface area contributed by atoms with Crippen molar-refractivity contribution >= 4 is 5.97 Å². The lowest BCUT2D eigenvalue weighted by Gasteiger charge is -2.05. The maximum atomic E-state index is 11.0. The highest BCUT2D eigenvalue weighted by molar-refractivity contribution is 5.90. The number of unbranched alkanes of at least 4 members (excludes halogenated alkanes) is 12. The second-order valence-corrected chi connectivity index (χ2v) is 7.84. The van der Waals surface area contributed by atoms with E-state index in [1.165, 1.54) is 89.5 Å². The SMILES string of the molecule is CCCCCCCC/C=C\CCCCCCCCc1ccc(O)c(C(=O)O)c1. The van der Waals surface area contributed by atoms with Crippen LogP contribution in [0.15, 0.2) is 30.4 Å². The van der Waals surface area contributed by atoms with Gasteiger partial charge in [0.15, 0.2) is 0 Å². The fraction of sp³-hybridized carbons (Fsp3) is 0.640. The first-order valence-corrected chi connectivity index (χ1v) is 11.3. The van der Waals surface area contributed by atoms with Crippen LogP contribution in [0.3, 0.4) is 0 Å². The number of hydrogen-bond donors (Lipinski definition) is 2. The Bertz CT molecular complexity index is 563. The number of hydrogen-bond acceptors (Lipinski definition) is 2. The molecule has 0 aliphatic heterocycles. The molecular weight excluding hydrogens is 348 g/mol. The van der Waals surface area contributed by atoms with Gasteiger partial charge in [0.25, 0.3) is 0 Å². The van der Waals surface area contributed by atoms with Crippen molar-refractivity contribution in [2.24, 2.45) is 0 Å². The van der Waals surface area contributed by atoms with Gasteiger partial charge in [0.05, 0.1) is 0 Å². The minimum Gasteiger partial charge on any atom is -0.507 e. The minimum atomic E-state index is -1.07. The zero-order valence-electron chi connectivity index (χ0n) is 17.8. The van der Waals surface area contributed by atoms with Gasteiger partial charge in [0, 0.05) is 0 Å². The Hall–Kier alpha value is -1.77. The van der Waals surface area contributed by atoms with Gasteiger partial charge in [-0.1, -0.05) is 82.9 Å². The summed E-state index contributed by atoms with van der Waals surface area (Å²) in [6.45, 7) is 2.26. The van der Waals surface area contributed by atoms with Gasteiger partial charge >= 0.3 is 5.97 Å². The lowest BCUT2D eigenvalue weighted by Crippen LogP contribution is -1.98. The maximum absolute atomic E-state index is 11.0. The second kappa shape index (κ2) is 16.2. The summed E-state index contributed by atoms with van der Waals surface area (Å²) in [6.07, 6.45) is 23.6. The fourth-order valence-electron chi connectivity index (χ4n) is 3.49. The Labute approximate surface area is 171 Å². The number of phenols is 1. The predicted molar refractivity (Wildman–Crippen MR) is 118 cm³/mol. The first kappa shape index (κ1) is 24.3. The third kappa shape index (κ3) is 11.8. The molecule has 28 heavy (non-hydrogen) atoms. The smallest absolute Gasteiger partial charge is 0.339 e. The molecule has 0 fully saturated rings. The quantitative estimate of drug-likeness (QED) is 0.213. The van der Waals surface area contributed by atoms with E-state index in [2.05, 4.69) is 19.1 Å². The Morgan fingerprint density at radius 2 is 1.36 bits per heavy atom. The molecule has 0 heterocycles. The van der Waals surface area contributed by atoms with Crippen LogP contribution >= 0.6 is 0 Å². The van der Waals surface area contributed by atoms with Crippen LogP contribution in [0, 0.1) is 0 Å². The normalized spacial score (nSPS) is 11.3. The van der Waals surface area contributed by atoms with Crippen LogP contribution in [0.2, 0.25) is 0 Å². The van der Waals surface area contributed by atoms with Crippen molar-refractivity contribution in [2.45, 2.75) is 103 Å². The number of benzene rings is 1. The minimum absolute atomic E-state index is 0.00190. The van der Waals surface area contributed by atoms with Gasteiger partial charge < -0.3 is 10.2 Å². The molecule has 1 aromatic carbocycles. The van der Waals surface area contributed by atoms with E-state index >= 15 is 0 Å². The van der Waals surface area contributed by atoms with Crippen LogP contribution in [0.4, 0.5) is 0 Å². The van der Waals surface area contributed by atoms with E-state index in [4.69, 9.17) is 5.11 Å². The van der Waals surface area contributed by atoms with Gasteiger partial charge in [-0.15, -0.1) is 0 Å². The van der Waals surface area contributed by atoms with Crippen LogP contribution in [-0.4, -0.2) is 16.2 Å². The summed E-state index contributed by atoms with van der Waals surface area (Å²) in [5.74, 6) is -1.22. The molecule has 1 aromatic rings. The Morgan fingerprint density at radius 1 is 0.821 bits per heavy atom. The molecule has 0 aliphatic rings. The van der Waals surface area contributed by atoms with Crippen LogP contribution in [-0.2, 0) is 6.42 Å². The molecular formula is C25H40O3. The lowest BCUT2D eigenvalue weighted by atomic mass is 10.0. The number of aromatic carboxylic acids is 1. The molecule has 0 radical (unpaired) electrons. The van der Waals surface area contributed by atoms with Crippen molar-refractivity contribution in [1.29, 1.82) is 0 Å². The van der Waals surface area contributed by atoms with E-state index in [0.29, 0.717) is 0 Å². The van der Waals surface area contributed by atoms with Crippen molar-refractivity contribution in [3.05, 3.63) is 41.5 Å². The second-order valence-electron chi connectivity index (χ2n) is 7.84. The average molecular weight is 389 g/mol.